The number of carbonyl (C=O) groups is 2. The van der Waals surface area contributed by atoms with Crippen molar-refractivity contribution in [3.8, 4) is 0 Å². The maximum Gasteiger partial charge on any atom is 0.409 e. The van der Waals surface area contributed by atoms with Crippen LogP contribution in [0.3, 0.4) is 0 Å². The van der Waals surface area contributed by atoms with Crippen LogP contribution in [0.25, 0.3) is 10.2 Å². The van der Waals surface area contributed by atoms with Gasteiger partial charge in [0.2, 0.25) is 15.2 Å². The molecule has 14 heteroatoms. The molecule has 1 fully saturated rings. The molecule has 0 N–H and O–H groups in total. The predicted molar refractivity (Wildman–Crippen MR) is 162 cm³/mol. The van der Waals surface area contributed by atoms with Crippen LogP contribution in [-0.2, 0) is 14.8 Å². The minimum Gasteiger partial charge on any atom is -0.450 e. The standard InChI is InChI=1S/C28H25BrFN5O5S2/c1-2-40-28(37)33-13-15-34(16-14-33)42(38,39)23-10-5-20(6-11-23)26(36)35(31-18-19-3-7-21(29)8-4-19)27-32-24-12-9-22(30)17-25(24)41-27/h3-12,17-18H,2,13-16H2,1H3/b31-18+. The predicted octanol–water partition coefficient (Wildman–Crippen LogP) is 5.34. The lowest BCUT2D eigenvalue weighted by Gasteiger charge is -2.33. The van der Waals surface area contributed by atoms with Crippen LogP contribution in [0.5, 0.6) is 0 Å². The summed E-state index contributed by atoms with van der Waals surface area (Å²) < 4.78 is 48.1. The Labute approximate surface area is 254 Å². The van der Waals surface area contributed by atoms with Crippen LogP contribution in [-0.4, -0.2) is 73.6 Å². The van der Waals surface area contributed by atoms with Gasteiger partial charge >= 0.3 is 6.09 Å². The Morgan fingerprint density at radius 3 is 2.43 bits per heavy atom. The maximum absolute atomic E-state index is 13.8. The molecule has 0 spiro atoms. The fraction of sp³-hybridized carbons (Fsp3) is 0.214. The van der Waals surface area contributed by atoms with E-state index < -0.39 is 27.8 Å². The van der Waals surface area contributed by atoms with Crippen molar-refractivity contribution in [1.82, 2.24) is 14.2 Å². The van der Waals surface area contributed by atoms with Gasteiger partial charge in [-0.1, -0.05) is 39.4 Å². The number of ether oxygens (including phenoxy) is 1. The third-order valence-electron chi connectivity index (χ3n) is 6.41. The van der Waals surface area contributed by atoms with Crippen molar-refractivity contribution in [1.29, 1.82) is 0 Å². The van der Waals surface area contributed by atoms with Crippen molar-refractivity contribution in [3.63, 3.8) is 0 Å². The van der Waals surface area contributed by atoms with Gasteiger partial charge in [0.15, 0.2) is 0 Å². The summed E-state index contributed by atoms with van der Waals surface area (Å²) in [5.74, 6) is -0.970. The molecule has 1 aliphatic rings. The Hall–Kier alpha value is -3.72. The highest BCUT2D eigenvalue weighted by Crippen LogP contribution is 2.31. The van der Waals surface area contributed by atoms with Crippen LogP contribution in [0.1, 0.15) is 22.8 Å². The molecule has 0 atom stereocenters. The summed E-state index contributed by atoms with van der Waals surface area (Å²) in [6, 6.07) is 17.0. The Balaban J connectivity index is 1.38. The number of halogens is 2. The molecule has 4 aromatic rings. The summed E-state index contributed by atoms with van der Waals surface area (Å²) in [6.45, 7) is 2.63. The van der Waals surface area contributed by atoms with E-state index in [1.165, 1.54) is 57.9 Å². The van der Waals surface area contributed by atoms with E-state index >= 15 is 0 Å². The average molecular weight is 675 g/mol. The molecule has 0 radical (unpaired) electrons. The number of carbonyl (C=O) groups excluding carboxylic acids is 2. The molecule has 0 saturated carbocycles. The molecule has 3 aromatic carbocycles. The molecule has 1 saturated heterocycles. The lowest BCUT2D eigenvalue weighted by Crippen LogP contribution is -2.50. The van der Waals surface area contributed by atoms with Gasteiger partial charge in [-0.25, -0.2) is 22.6 Å². The van der Waals surface area contributed by atoms with Gasteiger partial charge < -0.3 is 9.64 Å². The maximum atomic E-state index is 13.8. The number of benzene rings is 3. The number of nitrogens with zero attached hydrogens (tertiary/aromatic N) is 5. The summed E-state index contributed by atoms with van der Waals surface area (Å²) in [5, 5.41) is 5.74. The second-order valence-electron chi connectivity index (χ2n) is 9.14. The second-order valence-corrected chi connectivity index (χ2v) is 13.0. The number of hydrogen-bond donors (Lipinski definition) is 0. The monoisotopic (exact) mass is 673 g/mol. The first-order valence-corrected chi connectivity index (χ1v) is 15.9. The van der Waals surface area contributed by atoms with E-state index in [1.807, 2.05) is 24.3 Å². The van der Waals surface area contributed by atoms with Gasteiger partial charge in [0, 0.05) is 36.2 Å². The SMILES string of the molecule is CCOC(=O)N1CCN(S(=O)(=O)c2ccc(C(=O)N(/N=C/c3ccc(Br)cc3)c3nc4ccc(F)cc4s3)cc2)CC1. The minimum atomic E-state index is -3.86. The van der Waals surface area contributed by atoms with Gasteiger partial charge in [0.25, 0.3) is 5.91 Å². The number of anilines is 1. The zero-order valence-electron chi connectivity index (χ0n) is 22.3. The molecule has 2 heterocycles. The molecule has 0 bridgehead atoms. The number of fused-ring (bicyclic) bond motifs is 1. The number of sulfonamides is 1. The molecule has 218 valence electrons. The van der Waals surface area contributed by atoms with E-state index in [-0.39, 0.29) is 48.4 Å². The lowest BCUT2D eigenvalue weighted by molar-refractivity contribution is 0.0933. The van der Waals surface area contributed by atoms with Crippen molar-refractivity contribution in [3.05, 3.63) is 88.1 Å². The molecular weight excluding hydrogens is 649 g/mol. The Morgan fingerprint density at radius 2 is 1.76 bits per heavy atom. The van der Waals surface area contributed by atoms with E-state index in [9.17, 15) is 22.4 Å². The third-order valence-corrected chi connectivity index (χ3v) is 9.84. The Kier molecular flexibility index (Phi) is 8.96. The second kappa shape index (κ2) is 12.7. The molecule has 2 amide bonds. The van der Waals surface area contributed by atoms with E-state index in [1.54, 1.807) is 6.92 Å². The van der Waals surface area contributed by atoms with Gasteiger partial charge in [0.05, 0.1) is 27.9 Å². The fourth-order valence-corrected chi connectivity index (χ4v) is 6.84. The first-order chi connectivity index (χ1) is 20.2. The van der Waals surface area contributed by atoms with Crippen molar-refractivity contribution >= 4 is 70.9 Å². The van der Waals surface area contributed by atoms with E-state index in [4.69, 9.17) is 4.74 Å². The molecule has 5 rings (SSSR count). The van der Waals surface area contributed by atoms with E-state index in [0.717, 1.165) is 26.4 Å². The largest absolute Gasteiger partial charge is 0.450 e. The van der Waals surface area contributed by atoms with Crippen LogP contribution < -0.4 is 5.01 Å². The Bertz CT molecular complexity index is 1740. The normalized spacial score (nSPS) is 14.4. The van der Waals surface area contributed by atoms with Gasteiger partial charge in [0.1, 0.15) is 5.82 Å². The highest BCUT2D eigenvalue weighted by molar-refractivity contribution is 9.10. The van der Waals surface area contributed by atoms with Crippen LogP contribution in [0.15, 0.2) is 81.2 Å². The summed E-state index contributed by atoms with van der Waals surface area (Å²) in [6.07, 6.45) is 1.04. The molecule has 1 aromatic heterocycles. The Morgan fingerprint density at radius 1 is 1.07 bits per heavy atom. The molecular formula is C28H25BrFN5O5S2. The summed E-state index contributed by atoms with van der Waals surface area (Å²) in [7, 11) is -3.86. The van der Waals surface area contributed by atoms with Crippen molar-refractivity contribution in [2.45, 2.75) is 11.8 Å². The van der Waals surface area contributed by atoms with Gasteiger partial charge in [-0.15, -0.1) is 0 Å². The first kappa shape index (κ1) is 29.8. The zero-order chi connectivity index (χ0) is 29.9. The van der Waals surface area contributed by atoms with Crippen LogP contribution in [0.4, 0.5) is 14.3 Å². The quantitative estimate of drug-likeness (QED) is 0.193. The first-order valence-electron chi connectivity index (χ1n) is 12.9. The van der Waals surface area contributed by atoms with Gasteiger partial charge in [-0.3, -0.25) is 4.79 Å². The highest BCUT2D eigenvalue weighted by Gasteiger charge is 2.31. The summed E-state index contributed by atoms with van der Waals surface area (Å²) in [5.41, 5.74) is 1.42. The summed E-state index contributed by atoms with van der Waals surface area (Å²) in [4.78, 5) is 31.6. The van der Waals surface area contributed by atoms with Crippen molar-refractivity contribution in [2.24, 2.45) is 5.10 Å². The number of hydrogen-bond acceptors (Lipinski definition) is 8. The highest BCUT2D eigenvalue weighted by atomic mass is 79.9. The average Bonchev–Trinajstić information content (AvgIpc) is 3.41. The van der Waals surface area contributed by atoms with Crippen molar-refractivity contribution < 1.29 is 27.1 Å². The summed E-state index contributed by atoms with van der Waals surface area (Å²) >= 11 is 4.49. The van der Waals surface area contributed by atoms with Crippen LogP contribution in [0.2, 0.25) is 0 Å². The van der Waals surface area contributed by atoms with Crippen molar-refractivity contribution in [2.75, 3.05) is 37.8 Å². The smallest absolute Gasteiger partial charge is 0.409 e. The molecule has 42 heavy (non-hydrogen) atoms. The van der Waals surface area contributed by atoms with E-state index in [0.29, 0.717) is 10.2 Å². The number of piperazine rings is 1. The van der Waals surface area contributed by atoms with Gasteiger partial charge in [-0.2, -0.15) is 14.4 Å². The molecule has 0 aliphatic carbocycles. The van der Waals surface area contributed by atoms with E-state index in [2.05, 4.69) is 26.0 Å². The number of thiazole rings is 1. The molecule has 10 nitrogen and oxygen atoms in total. The molecule has 1 aliphatic heterocycles. The minimum absolute atomic E-state index is 0.0176. The fourth-order valence-electron chi connectivity index (χ4n) is 4.21. The topological polar surface area (TPSA) is 112 Å². The van der Waals surface area contributed by atoms with Crippen LogP contribution in [0, 0.1) is 5.82 Å². The van der Waals surface area contributed by atoms with Gasteiger partial charge in [-0.05, 0) is 67.1 Å². The zero-order valence-corrected chi connectivity index (χ0v) is 25.5. The van der Waals surface area contributed by atoms with Crippen LogP contribution >= 0.6 is 27.3 Å². The molecule has 0 unspecified atom stereocenters. The third kappa shape index (κ3) is 6.51. The number of rotatable bonds is 7. The number of hydrazone groups is 1. The lowest BCUT2D eigenvalue weighted by atomic mass is 10.2. The number of aromatic nitrogens is 1. The number of amides is 2.